The van der Waals surface area contributed by atoms with E-state index in [0.717, 1.165) is 36.8 Å². The minimum Gasteiger partial charge on any atom is -0.508 e. The second kappa shape index (κ2) is 15.2. The number of unbranched alkanes of at least 4 members (excludes halogenated alkanes) is 2. The highest BCUT2D eigenvalue weighted by atomic mass is 16.6. The number of likely N-dealkylation sites (N-methyl/N-ethyl adjacent to an activating group) is 1. The van der Waals surface area contributed by atoms with E-state index >= 15 is 0 Å². The fourth-order valence-corrected chi connectivity index (χ4v) is 7.13. The number of phenols is 1. The molecule has 0 saturated heterocycles. The first kappa shape index (κ1) is 33.0. The first-order chi connectivity index (χ1) is 20.8. The molecule has 6 N–H and O–H groups in total. The molecule has 0 aromatic heterocycles. The molecule has 0 radical (unpaired) electrons. The molecule has 240 valence electrons. The van der Waals surface area contributed by atoms with Crippen molar-refractivity contribution in [3.63, 3.8) is 0 Å². The Morgan fingerprint density at radius 3 is 2.56 bits per heavy atom. The predicted molar refractivity (Wildman–Crippen MR) is 159 cm³/mol. The van der Waals surface area contributed by atoms with Gasteiger partial charge >= 0.3 is 6.03 Å². The number of ether oxygens (including phenoxy) is 2. The minimum atomic E-state index is -1.82. The fraction of sp³-hybridized carbons (Fsp3) is 0.677. The zero-order chi connectivity index (χ0) is 31.0. The summed E-state index contributed by atoms with van der Waals surface area (Å²) in [4.78, 5) is 20.0. The molecule has 1 aromatic rings. The van der Waals surface area contributed by atoms with Crippen LogP contribution in [0.15, 0.2) is 35.0 Å². The van der Waals surface area contributed by atoms with Gasteiger partial charge in [0.1, 0.15) is 24.7 Å². The van der Waals surface area contributed by atoms with Crippen molar-refractivity contribution in [3.8, 4) is 11.5 Å². The molecule has 1 aliphatic heterocycles. The molecule has 6 atom stereocenters. The number of fused-ring (bicyclic) bond motifs is 2. The lowest BCUT2D eigenvalue weighted by Crippen LogP contribution is -2.69. The van der Waals surface area contributed by atoms with Crippen molar-refractivity contribution >= 4 is 11.7 Å². The summed E-state index contributed by atoms with van der Waals surface area (Å²) >= 11 is 0. The van der Waals surface area contributed by atoms with E-state index in [2.05, 4.69) is 16.5 Å². The Bertz CT molecular complexity index is 1150. The highest BCUT2D eigenvalue weighted by molar-refractivity contribution is 6.02. The monoisotopic (exact) mass is 605 g/mol. The number of allylic oxidation sites excluding steroid dienone is 1. The number of amides is 2. The van der Waals surface area contributed by atoms with E-state index in [9.17, 15) is 25.2 Å². The Kier molecular flexibility index (Phi) is 11.7. The topological polar surface area (TPSA) is 174 Å². The number of aliphatic hydroxyl groups excluding tert-OH is 3. The van der Waals surface area contributed by atoms with Crippen LogP contribution < -0.4 is 10.1 Å². The first-order valence-electron chi connectivity index (χ1n) is 15.3. The van der Waals surface area contributed by atoms with Crippen molar-refractivity contribution in [1.29, 1.82) is 0 Å². The molecular weight excluding hydrogens is 558 g/mol. The van der Waals surface area contributed by atoms with Crippen LogP contribution in [0.3, 0.4) is 0 Å². The summed E-state index contributed by atoms with van der Waals surface area (Å²) in [5.41, 5.74) is 2.21. The molecule has 4 rings (SSSR count). The van der Waals surface area contributed by atoms with Gasteiger partial charge in [0, 0.05) is 44.7 Å². The highest BCUT2D eigenvalue weighted by Crippen LogP contribution is 2.60. The number of nitrogens with one attached hydrogen (secondary N) is 1. The van der Waals surface area contributed by atoms with E-state index in [0.29, 0.717) is 24.3 Å². The van der Waals surface area contributed by atoms with Gasteiger partial charge in [-0.1, -0.05) is 24.1 Å². The maximum Gasteiger partial charge on any atom is 0.317 e. The van der Waals surface area contributed by atoms with Crippen LogP contribution in [0.1, 0.15) is 56.4 Å². The summed E-state index contributed by atoms with van der Waals surface area (Å²) in [6.07, 6.45) is 6.84. The minimum absolute atomic E-state index is 0.0281. The van der Waals surface area contributed by atoms with Crippen LogP contribution in [-0.2, 0) is 9.57 Å². The molecule has 0 bridgehead atoms. The first-order valence-corrected chi connectivity index (χ1v) is 15.3. The number of oxime groups is 1. The Labute approximate surface area is 252 Å². The van der Waals surface area contributed by atoms with Crippen LogP contribution in [0.4, 0.5) is 4.79 Å². The number of hydrogen-bond acceptors (Lipinski definition) is 10. The van der Waals surface area contributed by atoms with Gasteiger partial charge in [0.25, 0.3) is 0 Å². The molecule has 12 nitrogen and oxygen atoms in total. The summed E-state index contributed by atoms with van der Waals surface area (Å²) in [5, 5.41) is 58.3. The molecule has 12 heteroatoms. The Balaban J connectivity index is 1.79. The maximum atomic E-state index is 13.3. The van der Waals surface area contributed by atoms with Crippen molar-refractivity contribution in [1.82, 2.24) is 10.2 Å². The zero-order valence-electron chi connectivity index (χ0n) is 25.2. The number of rotatable bonds is 15. The Morgan fingerprint density at radius 2 is 1.86 bits per heavy atom. The number of urea groups is 1. The lowest BCUT2D eigenvalue weighted by atomic mass is 9.55. The van der Waals surface area contributed by atoms with Crippen molar-refractivity contribution in [3.05, 3.63) is 35.4 Å². The second-order valence-corrected chi connectivity index (χ2v) is 11.6. The SMILES string of the molecule is CON=C1C[C@H](N(C)C(=O)NCCOCCO)[C@@]2(O)Oc3ccc(O)cc3[C@H]3[C@H](CCCCO)[C@@H](CCCCO)C=C1[C@H]32. The van der Waals surface area contributed by atoms with Crippen molar-refractivity contribution < 1.29 is 44.6 Å². The standard InChI is InChI=1S/C31H47N3O9/c1-34(30(39)32-11-15-42-16-14-37)27-19-25(33-41-2)23-17-20(7-3-5-12-35)22(8-4-6-13-36)28-24-18-21(38)9-10-26(24)43-31(27,40)29(23)28/h9-10,17-18,20,22,27-29,35-38,40H,3-8,11-16,19H2,1-2H3,(H,32,39)/t20-,22+,27-,28+,29+,31+/m0/s1. The summed E-state index contributed by atoms with van der Waals surface area (Å²) in [7, 11) is 3.07. The average Bonchev–Trinajstić information content (AvgIpc) is 2.99. The average molecular weight is 606 g/mol. The van der Waals surface area contributed by atoms with Gasteiger partial charge in [0.15, 0.2) is 0 Å². The maximum absolute atomic E-state index is 13.3. The summed E-state index contributed by atoms with van der Waals surface area (Å²) in [6, 6.07) is 3.63. The van der Waals surface area contributed by atoms with Crippen LogP contribution >= 0.6 is 0 Å². The predicted octanol–water partition coefficient (Wildman–Crippen LogP) is 2.10. The molecule has 1 fully saturated rings. The molecule has 1 heterocycles. The number of phenolic OH excluding ortho intramolecular Hbond substituents is 1. The van der Waals surface area contributed by atoms with Crippen LogP contribution in [0, 0.1) is 17.8 Å². The van der Waals surface area contributed by atoms with E-state index in [-0.39, 0.29) is 69.5 Å². The normalized spacial score (nSPS) is 28.4. The number of nitrogens with zero attached hydrogens (tertiary/aromatic N) is 2. The van der Waals surface area contributed by atoms with Gasteiger partial charge in [-0.15, -0.1) is 0 Å². The third-order valence-corrected chi connectivity index (χ3v) is 9.01. The number of hydrogen-bond donors (Lipinski definition) is 6. The number of benzene rings is 1. The van der Waals surface area contributed by atoms with Gasteiger partial charge in [-0.05, 0) is 61.3 Å². The second-order valence-electron chi connectivity index (χ2n) is 11.6. The van der Waals surface area contributed by atoms with Crippen LogP contribution in [0.5, 0.6) is 11.5 Å². The number of carbonyl (C=O) groups is 1. The number of carbonyl (C=O) groups excluding carboxylic acids is 1. The summed E-state index contributed by atoms with van der Waals surface area (Å²) in [6.45, 7) is 0.697. The van der Waals surface area contributed by atoms with E-state index in [1.807, 2.05) is 0 Å². The molecule has 1 saturated carbocycles. The number of aromatic hydroxyl groups is 1. The third kappa shape index (κ3) is 7.09. The lowest BCUT2D eigenvalue weighted by Gasteiger charge is -2.58. The third-order valence-electron chi connectivity index (χ3n) is 9.01. The summed E-state index contributed by atoms with van der Waals surface area (Å²) in [5.74, 6) is -2.08. The van der Waals surface area contributed by atoms with Crippen molar-refractivity contribution in [2.45, 2.75) is 62.7 Å². The van der Waals surface area contributed by atoms with Gasteiger partial charge in [0.05, 0.1) is 31.5 Å². The molecular formula is C31H47N3O9. The van der Waals surface area contributed by atoms with Gasteiger partial charge in [0.2, 0.25) is 5.79 Å². The fourth-order valence-electron chi connectivity index (χ4n) is 7.13. The van der Waals surface area contributed by atoms with Gasteiger partial charge in [-0.25, -0.2) is 4.79 Å². The smallest absolute Gasteiger partial charge is 0.317 e. The van der Waals surface area contributed by atoms with E-state index in [1.54, 1.807) is 19.2 Å². The number of aliphatic hydroxyl groups is 4. The van der Waals surface area contributed by atoms with Crippen molar-refractivity contribution in [2.75, 3.05) is 53.7 Å². The largest absolute Gasteiger partial charge is 0.508 e. The molecule has 43 heavy (non-hydrogen) atoms. The van der Waals surface area contributed by atoms with Crippen LogP contribution in [0.2, 0.25) is 0 Å². The van der Waals surface area contributed by atoms with E-state index < -0.39 is 23.8 Å². The van der Waals surface area contributed by atoms with Gasteiger partial charge in [-0.3, -0.25) is 0 Å². The molecule has 3 aliphatic rings. The Morgan fingerprint density at radius 1 is 1.12 bits per heavy atom. The molecule has 0 unspecified atom stereocenters. The lowest BCUT2D eigenvalue weighted by molar-refractivity contribution is -0.226. The quantitative estimate of drug-likeness (QED) is 0.129. The molecule has 2 amide bonds. The van der Waals surface area contributed by atoms with Gasteiger partial charge < -0.3 is 50.1 Å². The molecule has 1 aromatic carbocycles. The molecule has 0 spiro atoms. The highest BCUT2D eigenvalue weighted by Gasteiger charge is 2.63. The zero-order valence-corrected chi connectivity index (χ0v) is 25.2. The Hall–Kier alpha value is -2.90. The molecule has 2 aliphatic carbocycles. The van der Waals surface area contributed by atoms with Crippen LogP contribution in [-0.4, -0.2) is 108 Å². The van der Waals surface area contributed by atoms with Gasteiger partial charge in [-0.2, -0.15) is 0 Å². The van der Waals surface area contributed by atoms with Crippen molar-refractivity contribution in [2.24, 2.45) is 22.9 Å². The van der Waals surface area contributed by atoms with E-state index in [4.69, 9.17) is 19.4 Å². The van der Waals surface area contributed by atoms with E-state index in [1.165, 1.54) is 18.1 Å². The van der Waals surface area contributed by atoms with Crippen LogP contribution in [0.25, 0.3) is 0 Å². The summed E-state index contributed by atoms with van der Waals surface area (Å²) < 4.78 is 11.7.